The van der Waals surface area contributed by atoms with Crippen LogP contribution in [0.3, 0.4) is 0 Å². The Kier molecular flexibility index (Phi) is 8.15. The second-order valence-electron chi connectivity index (χ2n) is 7.42. The van der Waals surface area contributed by atoms with Crippen LogP contribution in [-0.4, -0.2) is 87.0 Å². The molecule has 0 aliphatic carbocycles. The fourth-order valence-corrected chi connectivity index (χ4v) is 5.38. The number of rotatable bonds is 8. The summed E-state index contributed by atoms with van der Waals surface area (Å²) in [6.45, 7) is 2.27. The van der Waals surface area contributed by atoms with Crippen molar-refractivity contribution in [1.29, 1.82) is 0 Å². The molecule has 2 aliphatic heterocycles. The van der Waals surface area contributed by atoms with E-state index in [1.54, 1.807) is 39.8 Å². The first-order chi connectivity index (χ1) is 14.4. The van der Waals surface area contributed by atoms with Gasteiger partial charge in [-0.2, -0.15) is 16.5 Å². The smallest absolute Gasteiger partial charge is 0.251 e. The second-order valence-corrected chi connectivity index (χ2v) is 10.1. The number of carbonyl (C=O) groups excluding carboxylic acids is 2. The maximum absolute atomic E-state index is 13.1. The molecule has 2 saturated heterocycles. The fraction of sp³-hybridized carbons (Fsp3) is 0.600. The average Bonchev–Trinajstić information content (AvgIpc) is 3.31. The van der Waals surface area contributed by atoms with Gasteiger partial charge in [-0.3, -0.25) is 9.59 Å². The third-order valence-electron chi connectivity index (χ3n) is 5.37. The summed E-state index contributed by atoms with van der Waals surface area (Å²) < 4.78 is 33.5. The SMILES string of the molecule is CSCCC(NS(=O)(=O)c1ccccc1)C(=O)N1CCN(C(=O)C2CCCO2)CC1. The minimum atomic E-state index is -3.80. The average molecular weight is 456 g/mol. The number of nitrogens with zero attached hydrogens (tertiary/aromatic N) is 2. The summed E-state index contributed by atoms with van der Waals surface area (Å²) in [5.74, 6) is 0.404. The Bertz CT molecular complexity index is 820. The molecule has 8 nitrogen and oxygen atoms in total. The predicted octanol–water partition coefficient (Wildman–Crippen LogP) is 0.936. The normalized spacial score (nSPS) is 20.9. The Labute approximate surface area is 182 Å². The van der Waals surface area contributed by atoms with Crippen molar-refractivity contribution in [3.05, 3.63) is 30.3 Å². The van der Waals surface area contributed by atoms with E-state index in [0.29, 0.717) is 45.0 Å². The van der Waals surface area contributed by atoms with E-state index in [0.717, 1.165) is 12.8 Å². The van der Waals surface area contributed by atoms with Crippen molar-refractivity contribution in [3.8, 4) is 0 Å². The standard InChI is InChI=1S/C20H29N3O5S2/c1-29-15-9-17(21-30(26,27)16-6-3-2-4-7-16)19(24)22-10-12-23(13-11-22)20(25)18-8-5-14-28-18/h2-4,6-7,17-18,21H,5,8-15H2,1H3. The van der Waals surface area contributed by atoms with Gasteiger partial charge in [0.15, 0.2) is 0 Å². The van der Waals surface area contributed by atoms with Gasteiger partial charge in [-0.1, -0.05) is 18.2 Å². The number of carbonyl (C=O) groups is 2. The van der Waals surface area contributed by atoms with Gasteiger partial charge in [0.1, 0.15) is 12.1 Å². The van der Waals surface area contributed by atoms with E-state index in [1.807, 2.05) is 6.26 Å². The first kappa shape index (κ1) is 23.1. The summed E-state index contributed by atoms with van der Waals surface area (Å²) in [7, 11) is -3.80. The Hall–Kier alpha value is -1.62. The minimum Gasteiger partial charge on any atom is -0.368 e. The maximum Gasteiger partial charge on any atom is 0.251 e. The molecule has 0 radical (unpaired) electrons. The Morgan fingerprint density at radius 3 is 2.43 bits per heavy atom. The van der Waals surface area contributed by atoms with Crippen LogP contribution in [0.15, 0.2) is 35.2 Å². The number of piperazine rings is 1. The van der Waals surface area contributed by atoms with Crippen molar-refractivity contribution < 1.29 is 22.7 Å². The summed E-state index contributed by atoms with van der Waals surface area (Å²) in [6, 6.07) is 7.23. The van der Waals surface area contributed by atoms with Crippen LogP contribution in [0, 0.1) is 0 Å². The third-order valence-corrected chi connectivity index (χ3v) is 7.50. The number of nitrogens with one attached hydrogen (secondary N) is 1. The molecular weight excluding hydrogens is 426 g/mol. The van der Waals surface area contributed by atoms with Gasteiger partial charge in [0, 0.05) is 32.8 Å². The molecule has 2 heterocycles. The van der Waals surface area contributed by atoms with Crippen LogP contribution >= 0.6 is 11.8 Å². The van der Waals surface area contributed by atoms with Gasteiger partial charge >= 0.3 is 0 Å². The van der Waals surface area contributed by atoms with Gasteiger partial charge in [0.05, 0.1) is 4.90 Å². The molecule has 0 bridgehead atoms. The van der Waals surface area contributed by atoms with Crippen LogP contribution in [0.5, 0.6) is 0 Å². The number of ether oxygens (including phenoxy) is 1. The zero-order valence-electron chi connectivity index (χ0n) is 17.2. The van der Waals surface area contributed by atoms with Crippen LogP contribution in [0.2, 0.25) is 0 Å². The molecule has 0 saturated carbocycles. The van der Waals surface area contributed by atoms with E-state index in [1.165, 1.54) is 12.1 Å². The molecule has 3 rings (SSSR count). The van der Waals surface area contributed by atoms with E-state index in [2.05, 4.69) is 4.72 Å². The van der Waals surface area contributed by atoms with E-state index < -0.39 is 16.1 Å². The second kappa shape index (κ2) is 10.6. The zero-order chi connectivity index (χ0) is 21.6. The van der Waals surface area contributed by atoms with Gasteiger partial charge in [-0.25, -0.2) is 8.42 Å². The number of hydrogen-bond donors (Lipinski definition) is 1. The molecule has 30 heavy (non-hydrogen) atoms. The van der Waals surface area contributed by atoms with Crippen molar-refractivity contribution in [1.82, 2.24) is 14.5 Å². The molecule has 2 aliphatic rings. The summed E-state index contributed by atoms with van der Waals surface area (Å²) in [4.78, 5) is 29.1. The maximum atomic E-state index is 13.1. The number of thioether (sulfide) groups is 1. The van der Waals surface area contributed by atoms with E-state index in [4.69, 9.17) is 4.74 Å². The number of hydrogen-bond acceptors (Lipinski definition) is 6. The summed E-state index contributed by atoms with van der Waals surface area (Å²) in [5, 5.41) is 0. The van der Waals surface area contributed by atoms with E-state index in [-0.39, 0.29) is 22.8 Å². The molecule has 2 amide bonds. The predicted molar refractivity (Wildman–Crippen MR) is 116 cm³/mol. The molecule has 2 atom stereocenters. The molecule has 0 aromatic heterocycles. The monoisotopic (exact) mass is 455 g/mol. The van der Waals surface area contributed by atoms with Crippen LogP contribution in [0.4, 0.5) is 0 Å². The minimum absolute atomic E-state index is 0.0108. The van der Waals surface area contributed by atoms with Gasteiger partial charge in [-0.05, 0) is 43.4 Å². The summed E-state index contributed by atoms with van der Waals surface area (Å²) >= 11 is 1.56. The van der Waals surface area contributed by atoms with Crippen molar-refractivity contribution in [2.75, 3.05) is 44.8 Å². The van der Waals surface area contributed by atoms with Crippen LogP contribution < -0.4 is 4.72 Å². The molecule has 2 fully saturated rings. The molecule has 166 valence electrons. The first-order valence-electron chi connectivity index (χ1n) is 10.2. The molecule has 2 unspecified atom stereocenters. The molecule has 1 N–H and O–H groups in total. The molecular formula is C20H29N3O5S2. The zero-order valence-corrected chi connectivity index (χ0v) is 18.8. The highest BCUT2D eigenvalue weighted by atomic mass is 32.2. The summed E-state index contributed by atoms with van der Waals surface area (Å²) in [6.07, 6.45) is 3.60. The highest BCUT2D eigenvalue weighted by molar-refractivity contribution is 7.98. The fourth-order valence-electron chi connectivity index (χ4n) is 3.67. The lowest BCUT2D eigenvalue weighted by Gasteiger charge is -2.37. The van der Waals surface area contributed by atoms with Gasteiger partial charge in [-0.15, -0.1) is 0 Å². The summed E-state index contributed by atoms with van der Waals surface area (Å²) in [5.41, 5.74) is 0. The first-order valence-corrected chi connectivity index (χ1v) is 13.1. The number of benzene rings is 1. The Morgan fingerprint density at radius 2 is 1.83 bits per heavy atom. The van der Waals surface area contributed by atoms with Crippen LogP contribution in [0.1, 0.15) is 19.3 Å². The molecule has 0 spiro atoms. The van der Waals surface area contributed by atoms with Gasteiger partial charge in [0.25, 0.3) is 5.91 Å². The third kappa shape index (κ3) is 5.75. The van der Waals surface area contributed by atoms with Crippen LogP contribution in [-0.2, 0) is 24.3 Å². The molecule has 1 aromatic rings. The molecule has 1 aromatic carbocycles. The quantitative estimate of drug-likeness (QED) is 0.627. The van der Waals surface area contributed by atoms with Gasteiger partial charge in [0.2, 0.25) is 15.9 Å². The lowest BCUT2D eigenvalue weighted by atomic mass is 10.1. The largest absolute Gasteiger partial charge is 0.368 e. The number of sulfonamides is 1. The highest BCUT2D eigenvalue weighted by Gasteiger charge is 2.34. The van der Waals surface area contributed by atoms with Crippen molar-refractivity contribution in [2.24, 2.45) is 0 Å². The van der Waals surface area contributed by atoms with Crippen molar-refractivity contribution in [2.45, 2.75) is 36.3 Å². The lowest BCUT2D eigenvalue weighted by Crippen LogP contribution is -2.57. The van der Waals surface area contributed by atoms with Crippen molar-refractivity contribution in [3.63, 3.8) is 0 Å². The highest BCUT2D eigenvalue weighted by Crippen LogP contribution is 2.17. The van der Waals surface area contributed by atoms with Crippen LogP contribution in [0.25, 0.3) is 0 Å². The topological polar surface area (TPSA) is 96.0 Å². The Balaban J connectivity index is 1.62. The Morgan fingerprint density at radius 1 is 1.17 bits per heavy atom. The van der Waals surface area contributed by atoms with E-state index in [9.17, 15) is 18.0 Å². The lowest BCUT2D eigenvalue weighted by molar-refractivity contribution is -0.146. The number of amides is 2. The van der Waals surface area contributed by atoms with Gasteiger partial charge < -0.3 is 14.5 Å². The molecule has 10 heteroatoms. The van der Waals surface area contributed by atoms with Crippen molar-refractivity contribution >= 4 is 33.6 Å². The van der Waals surface area contributed by atoms with E-state index >= 15 is 0 Å².